The predicted molar refractivity (Wildman–Crippen MR) is 169 cm³/mol. The number of hydrogen-bond donors (Lipinski definition) is 3. The Hall–Kier alpha value is -3.89. The van der Waals surface area contributed by atoms with E-state index in [1.807, 2.05) is 35.2 Å². The van der Waals surface area contributed by atoms with E-state index < -0.39 is 24.4 Å². The Kier molecular flexibility index (Phi) is 9.79. The first kappa shape index (κ1) is 33.5. The van der Waals surface area contributed by atoms with Crippen molar-refractivity contribution in [3.8, 4) is 5.75 Å². The number of aliphatic hydroxyl groups excluding tert-OH is 1. The number of carbonyl (C=O) groups is 2. The molecule has 5 rings (SSSR count). The lowest BCUT2D eigenvalue weighted by atomic mass is 9.63. The van der Waals surface area contributed by atoms with Crippen LogP contribution < -0.4 is 15.4 Å². The quantitative estimate of drug-likeness (QED) is 0.241. The molecule has 1 saturated carbocycles. The van der Waals surface area contributed by atoms with Crippen LogP contribution in [0.3, 0.4) is 0 Å². The minimum absolute atomic E-state index is 0.0506. The molecular weight excluding hydrogens is 595 g/mol. The molecule has 1 aliphatic carbocycles. The van der Waals surface area contributed by atoms with Gasteiger partial charge in [0.2, 0.25) is 0 Å². The maximum Gasteiger partial charge on any atom is 0.573 e. The number of nitrogens with zero attached hydrogens (tertiary/aromatic N) is 1. The number of ether oxygens (including phenoxy) is 1. The summed E-state index contributed by atoms with van der Waals surface area (Å²) < 4.78 is 41.8. The van der Waals surface area contributed by atoms with E-state index in [4.69, 9.17) is 0 Å². The minimum atomic E-state index is -4.79. The number of alkyl halides is 3. The Labute approximate surface area is 268 Å². The summed E-state index contributed by atoms with van der Waals surface area (Å²) >= 11 is 0. The van der Waals surface area contributed by atoms with Crippen LogP contribution in [0.25, 0.3) is 0 Å². The molecule has 0 unspecified atom stereocenters. The SMILES string of the molecule is CC1(C)[C@@H]2CC[C@@]1(C)CN(C(=O)c1cccc(C(=O)N[C@@H](Cc3ccccc3)[C@@H](O)CNCc3cccc(OC(F)(F)F)c3)c1)C2. The summed E-state index contributed by atoms with van der Waals surface area (Å²) in [7, 11) is 0. The number of likely N-dealkylation sites (tertiary alicyclic amines) is 1. The van der Waals surface area contributed by atoms with E-state index in [0.717, 1.165) is 18.4 Å². The number of rotatable bonds is 11. The van der Waals surface area contributed by atoms with Crippen LogP contribution in [0.15, 0.2) is 78.9 Å². The topological polar surface area (TPSA) is 90.9 Å². The first-order valence-corrected chi connectivity index (χ1v) is 15.7. The van der Waals surface area contributed by atoms with E-state index in [1.54, 1.807) is 30.3 Å². The van der Waals surface area contributed by atoms with Crippen molar-refractivity contribution in [2.45, 2.75) is 65.1 Å². The van der Waals surface area contributed by atoms with Crippen molar-refractivity contribution in [1.82, 2.24) is 15.5 Å². The molecule has 1 saturated heterocycles. The second-order valence-corrected chi connectivity index (χ2v) is 13.4. The zero-order chi connectivity index (χ0) is 33.1. The second-order valence-electron chi connectivity index (χ2n) is 13.4. The van der Waals surface area contributed by atoms with Crippen LogP contribution in [0, 0.1) is 16.7 Å². The van der Waals surface area contributed by atoms with E-state index in [0.29, 0.717) is 42.1 Å². The number of carbonyl (C=O) groups excluding carboxylic acids is 2. The molecular formula is C36H42F3N3O4. The van der Waals surface area contributed by atoms with E-state index in [2.05, 4.69) is 36.1 Å². The Balaban J connectivity index is 1.24. The third-order valence-electron chi connectivity index (χ3n) is 10.2. The molecule has 0 radical (unpaired) electrons. The molecule has 1 heterocycles. The van der Waals surface area contributed by atoms with Crippen LogP contribution in [0.2, 0.25) is 0 Å². The van der Waals surface area contributed by atoms with Crippen molar-refractivity contribution in [1.29, 1.82) is 0 Å². The summed E-state index contributed by atoms with van der Waals surface area (Å²) in [6, 6.07) is 21.0. The Bertz CT molecular complexity index is 1530. The monoisotopic (exact) mass is 637 g/mol. The van der Waals surface area contributed by atoms with Crippen LogP contribution in [-0.4, -0.2) is 60.0 Å². The maximum absolute atomic E-state index is 13.6. The molecule has 7 nitrogen and oxygen atoms in total. The average molecular weight is 638 g/mol. The van der Waals surface area contributed by atoms with E-state index in [-0.39, 0.29) is 35.6 Å². The van der Waals surface area contributed by atoms with Gasteiger partial charge in [0.25, 0.3) is 11.8 Å². The molecule has 3 aromatic rings. The summed E-state index contributed by atoms with van der Waals surface area (Å²) in [6.07, 6.45) is -3.28. The lowest BCUT2D eigenvalue weighted by Gasteiger charge is -2.50. The highest BCUT2D eigenvalue weighted by atomic mass is 19.4. The van der Waals surface area contributed by atoms with Gasteiger partial charge in [0.05, 0.1) is 12.1 Å². The normalized spacial score (nSPS) is 21.8. The Morgan fingerprint density at radius 2 is 1.67 bits per heavy atom. The molecule has 10 heteroatoms. The molecule has 2 amide bonds. The fourth-order valence-electron chi connectivity index (χ4n) is 6.92. The van der Waals surface area contributed by atoms with Gasteiger partial charge in [-0.05, 0) is 77.5 Å². The Morgan fingerprint density at radius 1 is 0.978 bits per heavy atom. The number of piperidine rings is 1. The first-order valence-electron chi connectivity index (χ1n) is 15.7. The maximum atomic E-state index is 13.6. The third-order valence-corrected chi connectivity index (χ3v) is 10.2. The number of benzene rings is 3. The molecule has 3 aromatic carbocycles. The van der Waals surface area contributed by atoms with Crippen LogP contribution in [0.4, 0.5) is 13.2 Å². The molecule has 246 valence electrons. The van der Waals surface area contributed by atoms with Gasteiger partial charge in [-0.15, -0.1) is 13.2 Å². The molecule has 0 aromatic heterocycles. The summed E-state index contributed by atoms with van der Waals surface area (Å²) in [5.41, 5.74) is 2.43. The number of hydrogen-bond acceptors (Lipinski definition) is 5. The van der Waals surface area contributed by atoms with E-state index >= 15 is 0 Å². The fraction of sp³-hybridized carbons (Fsp3) is 0.444. The van der Waals surface area contributed by atoms with Gasteiger partial charge in [0.1, 0.15) is 5.75 Å². The zero-order valence-electron chi connectivity index (χ0n) is 26.4. The highest BCUT2D eigenvalue weighted by Crippen LogP contribution is 2.59. The van der Waals surface area contributed by atoms with Crippen molar-refractivity contribution in [2.75, 3.05) is 19.6 Å². The molecule has 1 aliphatic heterocycles. The summed E-state index contributed by atoms with van der Waals surface area (Å²) in [5, 5.41) is 17.2. The van der Waals surface area contributed by atoms with Gasteiger partial charge in [-0.3, -0.25) is 9.59 Å². The highest BCUT2D eigenvalue weighted by molar-refractivity contribution is 6.00. The predicted octanol–water partition coefficient (Wildman–Crippen LogP) is 5.98. The number of halogens is 3. The molecule has 4 atom stereocenters. The third kappa shape index (κ3) is 7.73. The number of fused-ring (bicyclic) bond motifs is 2. The highest BCUT2D eigenvalue weighted by Gasteiger charge is 2.56. The van der Waals surface area contributed by atoms with Gasteiger partial charge in [-0.1, -0.05) is 69.3 Å². The summed E-state index contributed by atoms with van der Waals surface area (Å²) in [5.74, 6) is -0.392. The molecule has 2 aliphatic rings. The van der Waals surface area contributed by atoms with Gasteiger partial charge in [0.15, 0.2) is 0 Å². The zero-order valence-corrected chi connectivity index (χ0v) is 26.4. The van der Waals surface area contributed by atoms with Crippen molar-refractivity contribution in [2.24, 2.45) is 16.7 Å². The molecule has 2 fully saturated rings. The smallest absolute Gasteiger partial charge is 0.406 e. The van der Waals surface area contributed by atoms with Crippen LogP contribution in [-0.2, 0) is 13.0 Å². The molecule has 46 heavy (non-hydrogen) atoms. The van der Waals surface area contributed by atoms with Gasteiger partial charge in [-0.25, -0.2) is 0 Å². The van der Waals surface area contributed by atoms with Gasteiger partial charge in [0, 0.05) is 37.3 Å². The van der Waals surface area contributed by atoms with Crippen LogP contribution >= 0.6 is 0 Å². The average Bonchev–Trinajstić information content (AvgIpc) is 3.12. The van der Waals surface area contributed by atoms with Gasteiger partial charge < -0.3 is 25.4 Å². The number of aliphatic hydroxyl groups is 1. The summed E-state index contributed by atoms with van der Waals surface area (Å²) in [6.45, 7) is 8.50. The largest absolute Gasteiger partial charge is 0.573 e. The van der Waals surface area contributed by atoms with Crippen molar-refractivity contribution in [3.05, 3.63) is 101 Å². The van der Waals surface area contributed by atoms with Crippen molar-refractivity contribution >= 4 is 11.8 Å². The lowest BCUT2D eigenvalue weighted by Crippen LogP contribution is -2.53. The van der Waals surface area contributed by atoms with Crippen molar-refractivity contribution < 1.29 is 32.6 Å². The van der Waals surface area contributed by atoms with Crippen LogP contribution in [0.1, 0.15) is 65.5 Å². The molecule has 3 N–H and O–H groups in total. The standard InChI is InChI=1S/C36H42F3N3O4/c1-34(2)28-15-16-35(34,3)23-42(22-28)33(45)27-13-8-12-26(19-27)32(44)41-30(18-24-9-5-4-6-10-24)31(43)21-40-20-25-11-7-14-29(17-25)46-36(37,38)39/h4-14,17,19,28,30-31,40,43H,15-16,18,20-23H2,1-3H3,(H,41,44)/t28-,30+,31+,35+/m1/s1. The second kappa shape index (κ2) is 13.5. The summed E-state index contributed by atoms with van der Waals surface area (Å²) in [4.78, 5) is 29.1. The van der Waals surface area contributed by atoms with Crippen LogP contribution in [0.5, 0.6) is 5.75 Å². The van der Waals surface area contributed by atoms with E-state index in [9.17, 15) is 27.9 Å². The first-order chi connectivity index (χ1) is 21.7. The molecule has 0 spiro atoms. The van der Waals surface area contributed by atoms with Crippen molar-refractivity contribution in [3.63, 3.8) is 0 Å². The van der Waals surface area contributed by atoms with Gasteiger partial charge in [-0.2, -0.15) is 0 Å². The minimum Gasteiger partial charge on any atom is -0.406 e. The number of amides is 2. The van der Waals surface area contributed by atoms with Gasteiger partial charge >= 0.3 is 6.36 Å². The Morgan fingerprint density at radius 3 is 2.39 bits per heavy atom. The lowest BCUT2D eigenvalue weighted by molar-refractivity contribution is -0.274. The molecule has 2 bridgehead atoms. The number of nitrogens with one attached hydrogen (secondary N) is 2. The fourth-order valence-corrected chi connectivity index (χ4v) is 6.92. The van der Waals surface area contributed by atoms with E-state index in [1.165, 1.54) is 18.2 Å².